The quantitative estimate of drug-likeness (QED) is 0.773. The van der Waals surface area contributed by atoms with Crippen molar-refractivity contribution in [3.63, 3.8) is 0 Å². The molecule has 1 aliphatic carbocycles. The number of para-hydroxylation sites is 1. The fraction of sp³-hybridized carbons (Fsp3) is 0.350. The van der Waals surface area contributed by atoms with Crippen molar-refractivity contribution in [3.05, 3.63) is 60.2 Å². The molecule has 1 amide bonds. The van der Waals surface area contributed by atoms with Gasteiger partial charge < -0.3 is 11.1 Å². The fourth-order valence-corrected chi connectivity index (χ4v) is 4.44. The predicted octanol–water partition coefficient (Wildman–Crippen LogP) is 2.93. The Bertz CT molecular complexity index is 881. The number of rotatable bonds is 5. The Morgan fingerprint density at radius 3 is 2.14 bits per heavy atom. The number of anilines is 1. The number of nitrogens with two attached hydrogens (primary N) is 1. The molecular formula is C20H26ClN3O3S. The highest BCUT2D eigenvalue weighted by Crippen LogP contribution is 2.22. The normalized spacial score (nSPS) is 19.4. The van der Waals surface area contributed by atoms with Crippen LogP contribution in [-0.4, -0.2) is 33.5 Å². The summed E-state index contributed by atoms with van der Waals surface area (Å²) in [6.07, 6.45) is 3.57. The maximum absolute atomic E-state index is 12.8. The van der Waals surface area contributed by atoms with Crippen LogP contribution in [0.15, 0.2) is 59.5 Å². The van der Waals surface area contributed by atoms with Crippen molar-refractivity contribution in [1.82, 2.24) is 5.32 Å². The van der Waals surface area contributed by atoms with Gasteiger partial charge in [0.25, 0.3) is 15.9 Å². The number of carbonyl (C=O) groups excluding carboxylic acids is 1. The van der Waals surface area contributed by atoms with Gasteiger partial charge in [-0.2, -0.15) is 0 Å². The summed E-state index contributed by atoms with van der Waals surface area (Å²) in [7, 11) is -2.17. The largest absolute Gasteiger partial charge is 0.349 e. The molecule has 6 nitrogen and oxygen atoms in total. The number of hydrogen-bond acceptors (Lipinski definition) is 4. The van der Waals surface area contributed by atoms with Gasteiger partial charge in [0.2, 0.25) is 0 Å². The molecule has 28 heavy (non-hydrogen) atoms. The summed E-state index contributed by atoms with van der Waals surface area (Å²) >= 11 is 0. The second-order valence-corrected chi connectivity index (χ2v) is 8.89. The Morgan fingerprint density at radius 2 is 1.57 bits per heavy atom. The zero-order valence-electron chi connectivity index (χ0n) is 15.7. The van der Waals surface area contributed by atoms with Crippen molar-refractivity contribution < 1.29 is 13.2 Å². The van der Waals surface area contributed by atoms with Crippen LogP contribution < -0.4 is 15.4 Å². The molecule has 152 valence electrons. The van der Waals surface area contributed by atoms with Crippen LogP contribution >= 0.6 is 12.4 Å². The summed E-state index contributed by atoms with van der Waals surface area (Å²) in [5.74, 6) is -0.184. The molecule has 0 unspecified atom stereocenters. The Kier molecular flexibility index (Phi) is 7.46. The van der Waals surface area contributed by atoms with Crippen LogP contribution in [0.2, 0.25) is 0 Å². The second-order valence-electron chi connectivity index (χ2n) is 6.92. The van der Waals surface area contributed by atoms with E-state index in [9.17, 15) is 13.2 Å². The fourth-order valence-electron chi connectivity index (χ4n) is 3.25. The standard InChI is InChI=1S/C20H25N3O3S.ClH/c1-23(18-5-3-2-4-6-18)27(25,26)19-13-7-15(8-14-19)20(24)22-17-11-9-16(21)10-12-17;/h2-8,13-14,16-17H,9-12,21H2,1H3,(H,22,24);1H. The summed E-state index contributed by atoms with van der Waals surface area (Å²) in [4.78, 5) is 12.6. The minimum absolute atomic E-state index is 0. The summed E-state index contributed by atoms with van der Waals surface area (Å²) in [5, 5.41) is 3.01. The molecule has 0 heterocycles. The van der Waals surface area contributed by atoms with Crippen molar-refractivity contribution in [2.75, 3.05) is 11.4 Å². The molecule has 1 saturated carbocycles. The number of nitrogens with zero attached hydrogens (tertiary/aromatic N) is 1. The number of nitrogens with one attached hydrogen (secondary N) is 1. The molecule has 2 aromatic carbocycles. The van der Waals surface area contributed by atoms with Gasteiger partial charge >= 0.3 is 0 Å². The Morgan fingerprint density at radius 1 is 1.00 bits per heavy atom. The molecule has 0 spiro atoms. The van der Waals surface area contributed by atoms with E-state index in [4.69, 9.17) is 5.73 Å². The first-order valence-corrected chi connectivity index (χ1v) is 10.5. The van der Waals surface area contributed by atoms with Crippen LogP contribution in [0, 0.1) is 0 Å². The average Bonchev–Trinajstić information content (AvgIpc) is 2.70. The highest BCUT2D eigenvalue weighted by Gasteiger charge is 2.23. The van der Waals surface area contributed by atoms with Crippen LogP contribution in [0.5, 0.6) is 0 Å². The molecule has 1 aliphatic rings. The third-order valence-corrected chi connectivity index (χ3v) is 6.80. The Labute approximate surface area is 172 Å². The summed E-state index contributed by atoms with van der Waals surface area (Å²) in [6.45, 7) is 0. The lowest BCUT2D eigenvalue weighted by Crippen LogP contribution is -2.40. The molecule has 0 bridgehead atoms. The molecular weight excluding hydrogens is 398 g/mol. The molecule has 3 N–H and O–H groups in total. The molecule has 3 rings (SSSR count). The number of sulfonamides is 1. The Hall–Kier alpha value is -2.09. The lowest BCUT2D eigenvalue weighted by atomic mass is 9.91. The molecule has 2 aromatic rings. The van der Waals surface area contributed by atoms with Gasteiger partial charge in [-0.1, -0.05) is 18.2 Å². The molecule has 0 saturated heterocycles. The zero-order valence-corrected chi connectivity index (χ0v) is 17.4. The van der Waals surface area contributed by atoms with Gasteiger partial charge in [0, 0.05) is 24.7 Å². The Balaban J connectivity index is 0.00000280. The highest BCUT2D eigenvalue weighted by molar-refractivity contribution is 7.92. The van der Waals surface area contributed by atoms with E-state index in [-0.39, 0.29) is 35.3 Å². The van der Waals surface area contributed by atoms with Gasteiger partial charge in [0.15, 0.2) is 0 Å². The van der Waals surface area contributed by atoms with Gasteiger partial charge in [-0.05, 0) is 62.1 Å². The monoisotopic (exact) mass is 423 g/mol. The SMILES string of the molecule is CN(c1ccccc1)S(=O)(=O)c1ccc(C(=O)NC2CCC(N)CC2)cc1.Cl. The van der Waals surface area contributed by atoms with Crippen molar-refractivity contribution in [2.45, 2.75) is 42.7 Å². The lowest BCUT2D eigenvalue weighted by molar-refractivity contribution is 0.0926. The predicted molar refractivity (Wildman–Crippen MR) is 113 cm³/mol. The van der Waals surface area contributed by atoms with E-state index in [1.807, 2.05) is 6.07 Å². The average molecular weight is 424 g/mol. The van der Waals surface area contributed by atoms with E-state index in [1.165, 1.54) is 23.5 Å². The van der Waals surface area contributed by atoms with Crippen LogP contribution in [0.25, 0.3) is 0 Å². The smallest absolute Gasteiger partial charge is 0.264 e. The van der Waals surface area contributed by atoms with E-state index in [1.54, 1.807) is 36.4 Å². The first kappa shape index (κ1) is 22.2. The first-order valence-electron chi connectivity index (χ1n) is 9.08. The van der Waals surface area contributed by atoms with Crippen LogP contribution in [0.4, 0.5) is 5.69 Å². The van der Waals surface area contributed by atoms with E-state index in [0.29, 0.717) is 11.3 Å². The number of carbonyl (C=O) groups is 1. The van der Waals surface area contributed by atoms with Gasteiger partial charge in [-0.25, -0.2) is 8.42 Å². The van der Waals surface area contributed by atoms with E-state index < -0.39 is 10.0 Å². The van der Waals surface area contributed by atoms with Crippen molar-refractivity contribution >= 4 is 34.0 Å². The number of halogens is 1. The highest BCUT2D eigenvalue weighted by atomic mass is 35.5. The van der Waals surface area contributed by atoms with Gasteiger partial charge in [-0.3, -0.25) is 9.10 Å². The minimum Gasteiger partial charge on any atom is -0.349 e. The minimum atomic E-state index is -3.68. The third kappa shape index (κ3) is 5.04. The van der Waals surface area contributed by atoms with Gasteiger partial charge in [0.05, 0.1) is 10.6 Å². The van der Waals surface area contributed by atoms with Crippen LogP contribution in [0.3, 0.4) is 0 Å². The lowest BCUT2D eigenvalue weighted by Gasteiger charge is -2.26. The molecule has 1 fully saturated rings. The van der Waals surface area contributed by atoms with Crippen molar-refractivity contribution in [1.29, 1.82) is 0 Å². The van der Waals surface area contributed by atoms with Crippen molar-refractivity contribution in [2.24, 2.45) is 5.73 Å². The topological polar surface area (TPSA) is 92.5 Å². The molecule has 0 atom stereocenters. The number of benzene rings is 2. The van der Waals surface area contributed by atoms with E-state index in [0.717, 1.165) is 25.7 Å². The van der Waals surface area contributed by atoms with E-state index in [2.05, 4.69) is 5.32 Å². The molecule has 0 aromatic heterocycles. The maximum atomic E-state index is 12.8. The van der Waals surface area contributed by atoms with Crippen molar-refractivity contribution in [3.8, 4) is 0 Å². The zero-order chi connectivity index (χ0) is 19.4. The summed E-state index contributed by atoms with van der Waals surface area (Å²) in [6, 6.07) is 15.3. The molecule has 0 radical (unpaired) electrons. The van der Waals surface area contributed by atoms with Gasteiger partial charge in [-0.15, -0.1) is 12.4 Å². The number of amides is 1. The molecule has 8 heteroatoms. The number of hydrogen-bond donors (Lipinski definition) is 2. The third-order valence-electron chi connectivity index (χ3n) is 5.00. The second kappa shape index (κ2) is 9.41. The first-order chi connectivity index (χ1) is 12.9. The maximum Gasteiger partial charge on any atom is 0.264 e. The van der Waals surface area contributed by atoms with Crippen LogP contribution in [0.1, 0.15) is 36.0 Å². The summed E-state index contributed by atoms with van der Waals surface area (Å²) in [5.41, 5.74) is 6.92. The van der Waals surface area contributed by atoms with E-state index >= 15 is 0 Å². The van der Waals surface area contributed by atoms with Crippen LogP contribution in [-0.2, 0) is 10.0 Å². The molecule has 0 aliphatic heterocycles. The van der Waals surface area contributed by atoms with Gasteiger partial charge in [0.1, 0.15) is 0 Å². The summed E-state index contributed by atoms with van der Waals surface area (Å²) < 4.78 is 26.8.